The molecule has 3 heterocycles. The molecule has 12 nitrogen and oxygen atoms in total. The number of benzene rings is 6. The number of nitrogens with zero attached hydrogens (tertiary/aromatic N) is 8. The van der Waals surface area contributed by atoms with E-state index in [4.69, 9.17) is 4.74 Å². The van der Waals surface area contributed by atoms with E-state index in [1.165, 1.54) is 22.4 Å². The number of piperazine rings is 1. The highest BCUT2D eigenvalue weighted by Crippen LogP contribution is 2.37. The Kier molecular flexibility index (Phi) is 27.3. The van der Waals surface area contributed by atoms with E-state index in [1.807, 2.05) is 105 Å². The topological polar surface area (TPSA) is 86.4 Å². The van der Waals surface area contributed by atoms with Gasteiger partial charge in [-0.3, -0.25) is 29.1 Å². The summed E-state index contributed by atoms with van der Waals surface area (Å²) in [6.45, 7) is 39.1. The van der Waals surface area contributed by atoms with Gasteiger partial charge in [0.25, 0.3) is 11.8 Å². The second-order valence-corrected chi connectivity index (χ2v) is 24.3. The third-order valence-electron chi connectivity index (χ3n) is 18.4. The minimum absolute atomic E-state index is 0.0843. The minimum Gasteiger partial charge on any atom is -0.497 e. The molecule has 7 atom stereocenters. The molecule has 9 rings (SSSR count). The fraction of sp³-hybridized carbons (Fsp3) is 0.442. The number of hydrogen-bond donors (Lipinski definition) is 0. The van der Waals surface area contributed by atoms with E-state index < -0.39 is 0 Å². The van der Waals surface area contributed by atoms with Gasteiger partial charge in [-0.25, -0.2) is 0 Å². The van der Waals surface area contributed by atoms with Crippen molar-refractivity contribution < 1.29 is 19.1 Å². The Morgan fingerprint density at radius 2 is 1.07 bits per heavy atom. The number of rotatable bonds is 23. The molecule has 0 N–H and O–H groups in total. The molecule has 476 valence electrons. The van der Waals surface area contributed by atoms with Crippen LogP contribution in [0.15, 0.2) is 189 Å². The average molecular weight is 1210 g/mol. The third kappa shape index (κ3) is 18.6. The molecule has 0 spiro atoms. The zero-order chi connectivity index (χ0) is 63.8. The van der Waals surface area contributed by atoms with E-state index in [9.17, 15) is 14.4 Å². The molecule has 6 aromatic carbocycles. The van der Waals surface area contributed by atoms with Crippen LogP contribution < -0.4 is 14.5 Å². The highest BCUT2D eigenvalue weighted by atomic mass is 16.5. The Labute approximate surface area is 535 Å². The van der Waals surface area contributed by atoms with Crippen LogP contribution in [0.2, 0.25) is 0 Å². The largest absolute Gasteiger partial charge is 0.497 e. The van der Waals surface area contributed by atoms with Crippen molar-refractivity contribution in [1.29, 1.82) is 0 Å². The number of anilines is 3. The molecule has 3 amide bonds. The predicted molar refractivity (Wildman–Crippen MR) is 371 cm³/mol. The van der Waals surface area contributed by atoms with Crippen molar-refractivity contribution >= 4 is 34.8 Å². The van der Waals surface area contributed by atoms with E-state index in [2.05, 4.69) is 186 Å². The molecule has 3 fully saturated rings. The minimum atomic E-state index is 0.0843. The SMILES string of the molecule is C=CCN1CC[C@H](N(c2ccccc2)c2ccc(C(=O)N(CC)CC)cc2)C(C)C1.C=CCN1C[C@H](C)N([C@H](c2ccc(C(=O)N(CC)CC)cc2)c2cccc(OC)c2)CC1C.CCC(=O)N(c1ccccc1)[C@H]1CCN(CCc2ccccc2)C[C@H]1C. The summed E-state index contributed by atoms with van der Waals surface area (Å²) >= 11 is 0. The van der Waals surface area contributed by atoms with Crippen LogP contribution in [-0.2, 0) is 11.2 Å². The molecule has 0 saturated carbocycles. The van der Waals surface area contributed by atoms with Gasteiger partial charge in [-0.15, -0.1) is 13.2 Å². The van der Waals surface area contributed by atoms with Crippen LogP contribution in [-0.4, -0.2) is 163 Å². The lowest BCUT2D eigenvalue weighted by Crippen LogP contribution is -2.57. The number of piperidine rings is 2. The standard InChI is InChI=1S/C28H39N3O2.C26H35N3O.C23H30N2O/c1-7-17-30-19-22(5)31(20-21(30)4)27(25-11-10-12-26(18-25)33-6)23-13-15-24(16-14-23)28(32)29(8-2)9-3;1-5-18-27-19-17-25(21(4)20-27)29(23-11-9-8-10-12-23)24-15-13-22(14-16-24)26(30)28(6-2)7-3;1-3-23(26)25(21-12-8-5-9-13-21)22-15-17-24(18-19(22)2)16-14-20-10-6-4-7-11-20/h7,10-16,18,21-22,27H,1,8-9,17,19-20H2,2-6H3;5,8-16,21,25H,1,6-7,17-20H2,2-4H3;4-13,19,22H,3,14-18H2,1-2H3/t21?,22-,27+;21?,25-;19-,22+/m001/s1. The number of para-hydroxylation sites is 2. The van der Waals surface area contributed by atoms with Gasteiger partial charge < -0.3 is 29.2 Å². The molecule has 0 radical (unpaired) electrons. The van der Waals surface area contributed by atoms with Gasteiger partial charge in [0.2, 0.25) is 5.91 Å². The number of likely N-dealkylation sites (tertiary alicyclic amines) is 2. The Balaban J connectivity index is 0.000000191. The van der Waals surface area contributed by atoms with Gasteiger partial charge in [0.05, 0.1) is 13.2 Å². The van der Waals surface area contributed by atoms with Crippen molar-refractivity contribution in [3.63, 3.8) is 0 Å². The van der Waals surface area contributed by atoms with Crippen LogP contribution in [0.5, 0.6) is 5.75 Å². The maximum atomic E-state index is 12.8. The van der Waals surface area contributed by atoms with Crippen LogP contribution in [0.4, 0.5) is 17.1 Å². The zero-order valence-corrected chi connectivity index (χ0v) is 55.4. The summed E-state index contributed by atoms with van der Waals surface area (Å²) in [5, 5.41) is 0. The fourth-order valence-corrected chi connectivity index (χ4v) is 13.4. The summed E-state index contributed by atoms with van der Waals surface area (Å²) in [4.78, 5) is 56.5. The van der Waals surface area contributed by atoms with Crippen LogP contribution in [0.25, 0.3) is 0 Å². The highest BCUT2D eigenvalue weighted by Gasteiger charge is 2.37. The third-order valence-corrected chi connectivity index (χ3v) is 18.4. The van der Waals surface area contributed by atoms with Crippen LogP contribution in [0.3, 0.4) is 0 Å². The molecule has 12 heteroatoms. The zero-order valence-electron chi connectivity index (χ0n) is 55.4. The Hall–Kier alpha value is -7.35. The quantitative estimate of drug-likeness (QED) is 0.0582. The van der Waals surface area contributed by atoms with Gasteiger partial charge in [-0.2, -0.15) is 0 Å². The van der Waals surface area contributed by atoms with E-state index in [-0.39, 0.29) is 29.8 Å². The summed E-state index contributed by atoms with van der Waals surface area (Å²) in [7, 11) is 1.71. The first-order valence-electron chi connectivity index (χ1n) is 33.0. The number of hydrogen-bond acceptors (Lipinski definition) is 9. The molecule has 3 aliphatic heterocycles. The summed E-state index contributed by atoms with van der Waals surface area (Å²) < 4.78 is 5.54. The first-order chi connectivity index (χ1) is 43.2. The van der Waals surface area contributed by atoms with Crippen molar-refractivity contribution in [2.45, 2.75) is 118 Å². The van der Waals surface area contributed by atoms with Gasteiger partial charge >= 0.3 is 0 Å². The lowest BCUT2D eigenvalue weighted by molar-refractivity contribution is -0.119. The van der Waals surface area contributed by atoms with E-state index >= 15 is 0 Å². The smallest absolute Gasteiger partial charge is 0.253 e. The maximum absolute atomic E-state index is 12.8. The summed E-state index contributed by atoms with van der Waals surface area (Å²) in [6, 6.07) is 57.7. The number of carbonyl (C=O) groups is 3. The molecule has 2 unspecified atom stereocenters. The van der Waals surface area contributed by atoms with E-state index in [0.717, 1.165) is 120 Å². The molecular weight excluding hydrogens is 1100 g/mol. The van der Waals surface area contributed by atoms with Crippen LogP contribution in [0.1, 0.15) is 125 Å². The van der Waals surface area contributed by atoms with E-state index in [1.54, 1.807) is 7.11 Å². The second-order valence-electron chi connectivity index (χ2n) is 24.3. The normalized spacial score (nSPS) is 20.1. The second kappa shape index (κ2) is 35.1. The predicted octanol–water partition coefficient (Wildman–Crippen LogP) is 14.4. The van der Waals surface area contributed by atoms with Gasteiger partial charge in [0.15, 0.2) is 0 Å². The highest BCUT2D eigenvalue weighted by molar-refractivity contribution is 5.95. The monoisotopic (exact) mass is 1200 g/mol. The van der Waals surface area contributed by atoms with Gasteiger partial charge in [-0.1, -0.05) is 124 Å². The van der Waals surface area contributed by atoms with Crippen LogP contribution in [0, 0.1) is 11.8 Å². The Morgan fingerprint density at radius 1 is 0.551 bits per heavy atom. The van der Waals surface area contributed by atoms with E-state index in [0.29, 0.717) is 49.5 Å². The number of amides is 3. The maximum Gasteiger partial charge on any atom is 0.253 e. The molecule has 0 bridgehead atoms. The van der Waals surface area contributed by atoms with Gasteiger partial charge in [0.1, 0.15) is 5.75 Å². The molecule has 0 aliphatic carbocycles. The van der Waals surface area contributed by atoms with Crippen molar-refractivity contribution in [2.75, 3.05) is 102 Å². The Bertz CT molecular complexity index is 3080. The van der Waals surface area contributed by atoms with Crippen molar-refractivity contribution in [3.8, 4) is 5.75 Å². The summed E-state index contributed by atoms with van der Waals surface area (Å²) in [5.74, 6) is 2.27. The molecule has 6 aromatic rings. The molecule has 89 heavy (non-hydrogen) atoms. The number of methoxy groups -OCH3 is 1. The first-order valence-corrected chi connectivity index (χ1v) is 33.0. The molecule has 3 saturated heterocycles. The van der Waals surface area contributed by atoms with Crippen LogP contribution >= 0.6 is 0 Å². The summed E-state index contributed by atoms with van der Waals surface area (Å²) in [5.41, 5.74) is 8.67. The number of ether oxygens (including phenoxy) is 1. The molecule has 0 aromatic heterocycles. The van der Waals surface area contributed by atoms with Gasteiger partial charge in [-0.05, 0) is 162 Å². The van der Waals surface area contributed by atoms with Crippen molar-refractivity contribution in [2.24, 2.45) is 11.8 Å². The Morgan fingerprint density at radius 3 is 1.61 bits per heavy atom. The van der Waals surface area contributed by atoms with Crippen molar-refractivity contribution in [1.82, 2.24) is 29.4 Å². The lowest BCUT2D eigenvalue weighted by Gasteiger charge is -2.47. The van der Waals surface area contributed by atoms with Crippen molar-refractivity contribution in [3.05, 3.63) is 217 Å². The molecule has 3 aliphatic rings. The van der Waals surface area contributed by atoms with Gasteiger partial charge in [0, 0.05) is 144 Å². The summed E-state index contributed by atoms with van der Waals surface area (Å²) in [6.07, 6.45) is 7.77. The molecular formula is C77H104N8O4. The number of carbonyl (C=O) groups excluding carboxylic acids is 3. The fourth-order valence-electron chi connectivity index (χ4n) is 13.4. The lowest BCUT2D eigenvalue weighted by atomic mass is 9.91. The first kappa shape index (κ1) is 69.1. The average Bonchev–Trinajstić information content (AvgIpc) is 1.76.